The highest BCUT2D eigenvalue weighted by Crippen LogP contribution is 2.33. The van der Waals surface area contributed by atoms with E-state index < -0.39 is 23.7 Å². The van der Waals surface area contributed by atoms with Crippen LogP contribution in [-0.2, 0) is 0 Å². The molecule has 0 saturated carbocycles. The Morgan fingerprint density at radius 3 is 2.40 bits per heavy atom. The number of benzene rings is 2. The lowest BCUT2D eigenvalue weighted by Gasteiger charge is -2.23. The van der Waals surface area contributed by atoms with E-state index in [2.05, 4.69) is 0 Å². The van der Waals surface area contributed by atoms with Crippen LogP contribution >= 0.6 is 11.6 Å². The van der Waals surface area contributed by atoms with E-state index in [1.165, 1.54) is 18.2 Å². The Balaban J connectivity index is 2.36. The van der Waals surface area contributed by atoms with Gasteiger partial charge in [0.25, 0.3) is 0 Å². The van der Waals surface area contributed by atoms with E-state index in [9.17, 15) is 13.9 Å². The van der Waals surface area contributed by atoms with E-state index in [0.29, 0.717) is 11.1 Å². The Bertz CT molecular complexity index is 606. The molecule has 0 aliphatic rings. The number of halogens is 3. The highest BCUT2D eigenvalue weighted by atomic mass is 35.5. The zero-order valence-corrected chi connectivity index (χ0v) is 11.3. The smallest absolute Gasteiger partial charge is 0.141 e. The van der Waals surface area contributed by atoms with Gasteiger partial charge in [0, 0.05) is 12.5 Å². The second-order valence-electron chi connectivity index (χ2n) is 4.48. The van der Waals surface area contributed by atoms with Gasteiger partial charge in [0.2, 0.25) is 0 Å². The Labute approximate surface area is 120 Å². The van der Waals surface area contributed by atoms with Gasteiger partial charge in [-0.1, -0.05) is 35.9 Å². The molecular weight excluding hydrogens is 284 g/mol. The van der Waals surface area contributed by atoms with Crippen LogP contribution in [0, 0.1) is 11.6 Å². The summed E-state index contributed by atoms with van der Waals surface area (Å²) in [4.78, 5) is 0. The summed E-state index contributed by atoms with van der Waals surface area (Å²) in [5.74, 6) is -1.63. The lowest BCUT2D eigenvalue weighted by Crippen LogP contribution is -2.21. The topological polar surface area (TPSA) is 46.2 Å². The maximum atomic E-state index is 13.8. The third-order valence-corrected chi connectivity index (χ3v) is 3.51. The van der Waals surface area contributed by atoms with Crippen molar-refractivity contribution in [2.75, 3.05) is 6.54 Å². The van der Waals surface area contributed by atoms with E-state index in [1.54, 1.807) is 18.2 Å². The Kier molecular flexibility index (Phi) is 4.70. The third-order valence-electron chi connectivity index (χ3n) is 3.22. The first-order valence-electron chi connectivity index (χ1n) is 6.12. The first-order chi connectivity index (χ1) is 9.54. The predicted molar refractivity (Wildman–Crippen MR) is 74.6 cm³/mol. The molecule has 20 heavy (non-hydrogen) atoms. The zero-order chi connectivity index (χ0) is 14.7. The maximum Gasteiger partial charge on any atom is 0.141 e. The van der Waals surface area contributed by atoms with Crippen molar-refractivity contribution >= 4 is 11.6 Å². The van der Waals surface area contributed by atoms with Gasteiger partial charge in [0.15, 0.2) is 0 Å². The van der Waals surface area contributed by atoms with Gasteiger partial charge in [0.1, 0.15) is 11.6 Å². The molecule has 0 bridgehead atoms. The summed E-state index contributed by atoms with van der Waals surface area (Å²) in [6, 6.07) is 10.0. The summed E-state index contributed by atoms with van der Waals surface area (Å²) in [5.41, 5.74) is 6.37. The molecule has 2 rings (SSSR count). The van der Waals surface area contributed by atoms with Crippen molar-refractivity contribution in [2.45, 2.75) is 12.0 Å². The monoisotopic (exact) mass is 297 g/mol. The standard InChI is InChI=1S/C15H14ClF2NO/c16-12-7-9(5-6-14(12)18)15(20)11(8-19)10-3-1-2-4-13(10)17/h1-7,11,15,20H,8,19H2. The summed E-state index contributed by atoms with van der Waals surface area (Å²) >= 11 is 5.69. The lowest BCUT2D eigenvalue weighted by molar-refractivity contribution is 0.145. The van der Waals surface area contributed by atoms with Crippen molar-refractivity contribution in [2.24, 2.45) is 5.73 Å². The molecule has 0 radical (unpaired) electrons. The van der Waals surface area contributed by atoms with Crippen LogP contribution in [-0.4, -0.2) is 11.7 Å². The zero-order valence-electron chi connectivity index (χ0n) is 10.6. The summed E-state index contributed by atoms with van der Waals surface area (Å²) in [5, 5.41) is 10.3. The number of aliphatic hydroxyl groups excluding tert-OH is 1. The Morgan fingerprint density at radius 2 is 1.80 bits per heavy atom. The van der Waals surface area contributed by atoms with Crippen LogP contribution < -0.4 is 5.73 Å². The molecule has 5 heteroatoms. The second-order valence-corrected chi connectivity index (χ2v) is 4.89. The van der Waals surface area contributed by atoms with Crippen molar-refractivity contribution in [3.63, 3.8) is 0 Å². The van der Waals surface area contributed by atoms with Gasteiger partial charge in [-0.15, -0.1) is 0 Å². The number of rotatable bonds is 4. The minimum absolute atomic E-state index is 0.0527. The largest absolute Gasteiger partial charge is 0.388 e. The SMILES string of the molecule is NCC(c1ccccc1F)C(O)c1ccc(F)c(Cl)c1. The van der Waals surface area contributed by atoms with Gasteiger partial charge >= 0.3 is 0 Å². The van der Waals surface area contributed by atoms with E-state index in [1.807, 2.05) is 0 Å². The number of hydrogen-bond acceptors (Lipinski definition) is 2. The molecule has 3 N–H and O–H groups in total. The van der Waals surface area contributed by atoms with Crippen molar-refractivity contribution in [1.29, 1.82) is 0 Å². The Morgan fingerprint density at radius 1 is 1.10 bits per heavy atom. The average Bonchev–Trinajstić information content (AvgIpc) is 2.44. The summed E-state index contributed by atoms with van der Waals surface area (Å²) in [6.07, 6.45) is -1.06. The van der Waals surface area contributed by atoms with Crippen molar-refractivity contribution in [3.05, 3.63) is 70.2 Å². The molecule has 2 atom stereocenters. The van der Waals surface area contributed by atoms with Crippen LogP contribution in [0.2, 0.25) is 5.02 Å². The lowest BCUT2D eigenvalue weighted by atomic mass is 9.89. The summed E-state index contributed by atoms with van der Waals surface area (Å²) in [7, 11) is 0. The molecule has 2 unspecified atom stereocenters. The van der Waals surface area contributed by atoms with Gasteiger partial charge in [-0.05, 0) is 29.3 Å². The van der Waals surface area contributed by atoms with Crippen LogP contribution in [0.5, 0.6) is 0 Å². The van der Waals surface area contributed by atoms with Gasteiger partial charge in [-0.25, -0.2) is 8.78 Å². The molecule has 0 fully saturated rings. The van der Waals surface area contributed by atoms with Crippen LogP contribution in [0.3, 0.4) is 0 Å². The van der Waals surface area contributed by atoms with Crippen molar-refractivity contribution < 1.29 is 13.9 Å². The first kappa shape index (κ1) is 14.9. The molecule has 2 nitrogen and oxygen atoms in total. The highest BCUT2D eigenvalue weighted by molar-refractivity contribution is 6.30. The molecule has 2 aromatic rings. The fraction of sp³-hybridized carbons (Fsp3) is 0.200. The minimum atomic E-state index is -1.06. The molecule has 0 aromatic heterocycles. The molecule has 106 valence electrons. The van der Waals surface area contributed by atoms with E-state index in [4.69, 9.17) is 17.3 Å². The van der Waals surface area contributed by atoms with Gasteiger partial charge in [-0.3, -0.25) is 0 Å². The fourth-order valence-electron chi connectivity index (χ4n) is 2.13. The molecule has 0 amide bonds. The van der Waals surface area contributed by atoms with Crippen LogP contribution in [0.1, 0.15) is 23.1 Å². The molecule has 0 saturated heterocycles. The number of nitrogens with two attached hydrogens (primary N) is 1. The van der Waals surface area contributed by atoms with Crippen LogP contribution in [0.25, 0.3) is 0 Å². The van der Waals surface area contributed by atoms with Crippen molar-refractivity contribution in [3.8, 4) is 0 Å². The molecule has 2 aromatic carbocycles. The normalized spacial score (nSPS) is 14.1. The van der Waals surface area contributed by atoms with E-state index in [0.717, 1.165) is 6.07 Å². The first-order valence-corrected chi connectivity index (χ1v) is 6.50. The van der Waals surface area contributed by atoms with Gasteiger partial charge in [-0.2, -0.15) is 0 Å². The van der Waals surface area contributed by atoms with Gasteiger partial charge in [0.05, 0.1) is 11.1 Å². The van der Waals surface area contributed by atoms with Crippen LogP contribution in [0.4, 0.5) is 8.78 Å². The fourth-order valence-corrected chi connectivity index (χ4v) is 2.32. The molecule has 0 aliphatic heterocycles. The predicted octanol–water partition coefficient (Wildman–Crippen LogP) is 3.39. The quantitative estimate of drug-likeness (QED) is 0.908. The molecule has 0 aliphatic carbocycles. The minimum Gasteiger partial charge on any atom is -0.388 e. The number of hydrogen-bond donors (Lipinski definition) is 2. The van der Waals surface area contributed by atoms with E-state index >= 15 is 0 Å². The van der Waals surface area contributed by atoms with Gasteiger partial charge < -0.3 is 10.8 Å². The van der Waals surface area contributed by atoms with Crippen LogP contribution in [0.15, 0.2) is 42.5 Å². The maximum absolute atomic E-state index is 13.8. The molecule has 0 heterocycles. The highest BCUT2D eigenvalue weighted by Gasteiger charge is 2.24. The summed E-state index contributed by atoms with van der Waals surface area (Å²) in [6.45, 7) is 0.0527. The molecular formula is C15H14ClF2NO. The average molecular weight is 298 g/mol. The van der Waals surface area contributed by atoms with E-state index in [-0.39, 0.29) is 11.6 Å². The second kappa shape index (κ2) is 6.31. The number of aliphatic hydroxyl groups is 1. The third kappa shape index (κ3) is 2.98. The molecule has 0 spiro atoms. The summed E-state index contributed by atoms with van der Waals surface area (Å²) < 4.78 is 26.9. The Hall–Kier alpha value is -1.49. The van der Waals surface area contributed by atoms with Crippen molar-refractivity contribution in [1.82, 2.24) is 0 Å².